The average Bonchev–Trinajstić information content (AvgIpc) is 2.71. The van der Waals surface area contributed by atoms with Crippen LogP contribution in [0, 0.1) is 13.8 Å². The highest BCUT2D eigenvalue weighted by molar-refractivity contribution is 7.15. The summed E-state index contributed by atoms with van der Waals surface area (Å²) in [5.74, 6) is -0.209. The summed E-state index contributed by atoms with van der Waals surface area (Å²) >= 11 is 1.39. The highest BCUT2D eigenvalue weighted by atomic mass is 32.1. The molecule has 0 radical (unpaired) electrons. The van der Waals surface area contributed by atoms with Gasteiger partial charge in [0, 0.05) is 0 Å². The van der Waals surface area contributed by atoms with E-state index in [1.165, 1.54) is 11.3 Å². The molecule has 0 amide bonds. The lowest BCUT2D eigenvalue weighted by Crippen LogP contribution is -1.99. The molecule has 0 aliphatic heterocycles. The van der Waals surface area contributed by atoms with Crippen LogP contribution in [0.2, 0.25) is 0 Å². The topological polar surface area (TPSA) is 59.4 Å². The van der Waals surface area contributed by atoms with Gasteiger partial charge in [0.25, 0.3) is 0 Å². The molecule has 1 aromatic carbocycles. The lowest BCUT2D eigenvalue weighted by Gasteiger charge is -2.06. The Kier molecular flexibility index (Phi) is 3.34. The Morgan fingerprint density at radius 1 is 1.39 bits per heavy atom. The first-order chi connectivity index (χ1) is 8.52. The molecule has 94 valence electrons. The van der Waals surface area contributed by atoms with Crippen LogP contribution in [0.1, 0.15) is 21.1 Å². The van der Waals surface area contributed by atoms with Crippen LogP contribution < -0.4 is 4.74 Å². The standard InChI is InChI=1S/C13H13NO3S/c1-7-6-9(4-5-10(7)17-3)12-11(13(15)16)14-8(2)18-12/h4-6H,1-3H3,(H,15,16). The SMILES string of the molecule is COc1ccc(-c2sc(C)nc2C(=O)O)cc1C. The Balaban J connectivity index is 2.55. The van der Waals surface area contributed by atoms with Crippen LogP contribution in [0.15, 0.2) is 18.2 Å². The van der Waals surface area contributed by atoms with Crippen LogP contribution in [-0.2, 0) is 0 Å². The second kappa shape index (κ2) is 4.78. The highest BCUT2D eigenvalue weighted by Crippen LogP contribution is 2.32. The molecule has 18 heavy (non-hydrogen) atoms. The van der Waals surface area contributed by atoms with Crippen molar-refractivity contribution in [1.82, 2.24) is 4.98 Å². The summed E-state index contributed by atoms with van der Waals surface area (Å²) in [6.45, 7) is 3.73. The first-order valence-electron chi connectivity index (χ1n) is 5.38. The van der Waals surface area contributed by atoms with Gasteiger partial charge in [0.05, 0.1) is 17.0 Å². The second-order valence-corrected chi connectivity index (χ2v) is 5.10. The molecule has 0 spiro atoms. The summed E-state index contributed by atoms with van der Waals surface area (Å²) in [5, 5.41) is 9.88. The number of carbonyl (C=O) groups is 1. The number of hydrogen-bond acceptors (Lipinski definition) is 4. The number of carboxylic acids is 1. The summed E-state index contributed by atoms with van der Waals surface area (Å²) in [7, 11) is 1.61. The molecule has 0 saturated heterocycles. The number of thiazole rings is 1. The van der Waals surface area contributed by atoms with Crippen LogP contribution in [0.5, 0.6) is 5.75 Å². The van der Waals surface area contributed by atoms with Gasteiger partial charge in [-0.25, -0.2) is 9.78 Å². The smallest absolute Gasteiger partial charge is 0.356 e. The number of aryl methyl sites for hydroxylation is 2. The van der Waals surface area contributed by atoms with Gasteiger partial charge in [0.1, 0.15) is 5.75 Å². The minimum Gasteiger partial charge on any atom is -0.496 e. The number of ether oxygens (including phenoxy) is 1. The van der Waals surface area contributed by atoms with Crippen molar-refractivity contribution in [2.75, 3.05) is 7.11 Å². The number of aromatic nitrogens is 1. The fourth-order valence-electron chi connectivity index (χ4n) is 1.79. The van der Waals surface area contributed by atoms with E-state index in [1.54, 1.807) is 14.0 Å². The normalized spacial score (nSPS) is 10.4. The van der Waals surface area contributed by atoms with Crippen molar-refractivity contribution in [3.05, 3.63) is 34.5 Å². The third kappa shape index (κ3) is 2.22. The van der Waals surface area contributed by atoms with Crippen LogP contribution in [0.25, 0.3) is 10.4 Å². The predicted molar refractivity (Wildman–Crippen MR) is 70.5 cm³/mol. The molecule has 2 aromatic rings. The van der Waals surface area contributed by atoms with E-state index in [0.717, 1.165) is 21.9 Å². The van der Waals surface area contributed by atoms with E-state index in [0.29, 0.717) is 4.88 Å². The van der Waals surface area contributed by atoms with E-state index < -0.39 is 5.97 Å². The number of carboxylic acid groups (broad SMARTS) is 1. The monoisotopic (exact) mass is 263 g/mol. The van der Waals surface area contributed by atoms with Crippen molar-refractivity contribution >= 4 is 17.3 Å². The minimum atomic E-state index is -0.997. The fraction of sp³-hybridized carbons (Fsp3) is 0.231. The minimum absolute atomic E-state index is 0.113. The number of benzene rings is 1. The predicted octanol–water partition coefficient (Wildman–Crippen LogP) is 3.13. The van der Waals surface area contributed by atoms with E-state index in [2.05, 4.69) is 4.98 Å². The van der Waals surface area contributed by atoms with Crippen molar-refractivity contribution in [2.24, 2.45) is 0 Å². The molecule has 0 atom stereocenters. The van der Waals surface area contributed by atoms with Crippen LogP contribution in [0.4, 0.5) is 0 Å². The van der Waals surface area contributed by atoms with Gasteiger partial charge in [-0.05, 0) is 43.2 Å². The second-order valence-electron chi connectivity index (χ2n) is 3.90. The maximum absolute atomic E-state index is 11.1. The lowest BCUT2D eigenvalue weighted by molar-refractivity contribution is 0.0692. The molecule has 0 bridgehead atoms. The fourth-order valence-corrected chi connectivity index (χ4v) is 2.69. The van der Waals surface area contributed by atoms with Crippen molar-refractivity contribution in [3.8, 4) is 16.2 Å². The number of methoxy groups -OCH3 is 1. The zero-order chi connectivity index (χ0) is 13.3. The molecule has 0 saturated carbocycles. The van der Waals surface area contributed by atoms with Gasteiger partial charge in [-0.2, -0.15) is 0 Å². The Morgan fingerprint density at radius 3 is 2.67 bits per heavy atom. The third-order valence-electron chi connectivity index (χ3n) is 2.59. The molecule has 5 heteroatoms. The van der Waals surface area contributed by atoms with E-state index in [4.69, 9.17) is 9.84 Å². The largest absolute Gasteiger partial charge is 0.496 e. The molecule has 0 fully saturated rings. The third-order valence-corrected chi connectivity index (χ3v) is 3.61. The Morgan fingerprint density at radius 2 is 2.11 bits per heavy atom. The quantitative estimate of drug-likeness (QED) is 0.924. The van der Waals surface area contributed by atoms with Gasteiger partial charge >= 0.3 is 5.97 Å². The van der Waals surface area contributed by atoms with E-state index >= 15 is 0 Å². The van der Waals surface area contributed by atoms with Crippen molar-refractivity contribution < 1.29 is 14.6 Å². The van der Waals surface area contributed by atoms with Crippen molar-refractivity contribution in [2.45, 2.75) is 13.8 Å². The molecule has 1 heterocycles. The van der Waals surface area contributed by atoms with Gasteiger partial charge in [-0.15, -0.1) is 11.3 Å². The molecule has 2 rings (SSSR count). The molecule has 1 N–H and O–H groups in total. The maximum Gasteiger partial charge on any atom is 0.356 e. The van der Waals surface area contributed by atoms with Gasteiger partial charge < -0.3 is 9.84 Å². The summed E-state index contributed by atoms with van der Waals surface area (Å²) in [6.07, 6.45) is 0. The molecule has 1 aromatic heterocycles. The summed E-state index contributed by atoms with van der Waals surface area (Å²) in [6, 6.07) is 5.61. The first kappa shape index (κ1) is 12.6. The van der Waals surface area contributed by atoms with E-state index in [1.807, 2.05) is 25.1 Å². The maximum atomic E-state index is 11.1. The Bertz CT molecular complexity index is 604. The number of nitrogens with zero attached hydrogens (tertiary/aromatic N) is 1. The molecule has 0 aliphatic rings. The summed E-state index contributed by atoms with van der Waals surface area (Å²) in [4.78, 5) is 15.9. The van der Waals surface area contributed by atoms with Crippen LogP contribution >= 0.6 is 11.3 Å². The molecule has 0 unspecified atom stereocenters. The van der Waals surface area contributed by atoms with Crippen molar-refractivity contribution in [3.63, 3.8) is 0 Å². The Hall–Kier alpha value is -1.88. The Labute approximate surface area is 109 Å². The number of rotatable bonds is 3. The lowest BCUT2D eigenvalue weighted by atomic mass is 10.1. The van der Waals surface area contributed by atoms with Gasteiger partial charge in [0.15, 0.2) is 5.69 Å². The zero-order valence-corrected chi connectivity index (χ0v) is 11.2. The van der Waals surface area contributed by atoms with Crippen LogP contribution in [0.3, 0.4) is 0 Å². The zero-order valence-electron chi connectivity index (χ0n) is 10.4. The van der Waals surface area contributed by atoms with Gasteiger partial charge in [-0.3, -0.25) is 0 Å². The number of aromatic carboxylic acids is 1. The van der Waals surface area contributed by atoms with Gasteiger partial charge in [0.2, 0.25) is 0 Å². The van der Waals surface area contributed by atoms with Gasteiger partial charge in [-0.1, -0.05) is 0 Å². The number of hydrogen-bond donors (Lipinski definition) is 1. The van der Waals surface area contributed by atoms with E-state index in [9.17, 15) is 4.79 Å². The molecular weight excluding hydrogens is 250 g/mol. The first-order valence-corrected chi connectivity index (χ1v) is 6.20. The summed E-state index contributed by atoms with van der Waals surface area (Å²) in [5.41, 5.74) is 1.94. The molecular formula is C13H13NO3S. The highest BCUT2D eigenvalue weighted by Gasteiger charge is 2.17. The van der Waals surface area contributed by atoms with E-state index in [-0.39, 0.29) is 5.69 Å². The van der Waals surface area contributed by atoms with Crippen molar-refractivity contribution in [1.29, 1.82) is 0 Å². The average molecular weight is 263 g/mol. The van der Waals surface area contributed by atoms with Crippen LogP contribution in [-0.4, -0.2) is 23.2 Å². The molecule has 0 aliphatic carbocycles. The molecule has 4 nitrogen and oxygen atoms in total. The summed E-state index contributed by atoms with van der Waals surface area (Å²) < 4.78 is 5.19.